The molecule has 0 spiro atoms. The van der Waals surface area contributed by atoms with Gasteiger partial charge in [0.15, 0.2) is 0 Å². The van der Waals surface area contributed by atoms with Crippen molar-refractivity contribution in [3.8, 4) is 5.69 Å². The molecule has 2 aromatic rings. The summed E-state index contributed by atoms with van der Waals surface area (Å²) in [4.78, 5) is 28.4. The predicted octanol–water partition coefficient (Wildman–Crippen LogP) is 1.15. The molecular formula is C19H25N5O2. The molecule has 1 N–H and O–H groups in total. The molecule has 0 atom stereocenters. The van der Waals surface area contributed by atoms with Crippen molar-refractivity contribution in [1.29, 1.82) is 0 Å². The molecule has 26 heavy (non-hydrogen) atoms. The summed E-state index contributed by atoms with van der Waals surface area (Å²) in [7, 11) is 0. The van der Waals surface area contributed by atoms with Crippen molar-refractivity contribution in [3.63, 3.8) is 0 Å². The normalized spacial score (nSPS) is 15.3. The van der Waals surface area contributed by atoms with Crippen LogP contribution in [-0.4, -0.2) is 70.2 Å². The first-order chi connectivity index (χ1) is 12.5. The van der Waals surface area contributed by atoms with Crippen LogP contribution in [0.25, 0.3) is 5.69 Å². The van der Waals surface area contributed by atoms with E-state index in [4.69, 9.17) is 0 Å². The third kappa shape index (κ3) is 4.49. The molecule has 0 unspecified atom stereocenters. The lowest BCUT2D eigenvalue weighted by atomic mass is 10.2. The lowest BCUT2D eigenvalue weighted by molar-refractivity contribution is -0.123. The molecule has 3 rings (SSSR count). The van der Waals surface area contributed by atoms with Crippen molar-refractivity contribution in [1.82, 2.24) is 24.9 Å². The number of hydrogen-bond acceptors (Lipinski definition) is 4. The number of carbonyl (C=O) groups is 2. The minimum atomic E-state index is -0.0153. The maximum absolute atomic E-state index is 12.7. The van der Waals surface area contributed by atoms with Crippen LogP contribution >= 0.6 is 0 Å². The molecular weight excluding hydrogens is 330 g/mol. The van der Waals surface area contributed by atoms with Gasteiger partial charge >= 0.3 is 0 Å². The van der Waals surface area contributed by atoms with Crippen LogP contribution < -0.4 is 5.32 Å². The molecule has 1 aliphatic heterocycles. The molecule has 138 valence electrons. The van der Waals surface area contributed by atoms with Crippen LogP contribution in [0, 0.1) is 0 Å². The average molecular weight is 355 g/mol. The highest BCUT2D eigenvalue weighted by atomic mass is 16.2. The van der Waals surface area contributed by atoms with E-state index in [1.54, 1.807) is 17.1 Å². The number of benzene rings is 1. The van der Waals surface area contributed by atoms with Crippen molar-refractivity contribution in [2.45, 2.75) is 19.9 Å². The predicted molar refractivity (Wildman–Crippen MR) is 99.2 cm³/mol. The zero-order chi connectivity index (χ0) is 18.5. The SMILES string of the molecule is CC(C)NC(=O)CN1CCN(C(=O)c2cnn(-c3ccccc3)c2)CC1. The van der Waals surface area contributed by atoms with Crippen LogP contribution in [0.5, 0.6) is 0 Å². The van der Waals surface area contributed by atoms with E-state index in [1.165, 1.54) is 0 Å². The molecule has 7 nitrogen and oxygen atoms in total. The van der Waals surface area contributed by atoms with E-state index in [9.17, 15) is 9.59 Å². The average Bonchev–Trinajstić information content (AvgIpc) is 3.12. The Kier molecular flexibility index (Phi) is 5.68. The summed E-state index contributed by atoms with van der Waals surface area (Å²) in [6.07, 6.45) is 3.37. The molecule has 1 aromatic carbocycles. The number of amides is 2. The van der Waals surface area contributed by atoms with Crippen LogP contribution in [0.15, 0.2) is 42.7 Å². The van der Waals surface area contributed by atoms with Gasteiger partial charge in [0.05, 0.1) is 24.0 Å². The monoisotopic (exact) mass is 355 g/mol. The van der Waals surface area contributed by atoms with E-state index in [0.717, 1.165) is 5.69 Å². The molecule has 0 bridgehead atoms. The number of aromatic nitrogens is 2. The minimum Gasteiger partial charge on any atom is -0.353 e. The third-order valence-electron chi connectivity index (χ3n) is 4.33. The lowest BCUT2D eigenvalue weighted by Crippen LogP contribution is -2.51. The maximum atomic E-state index is 12.7. The van der Waals surface area contributed by atoms with E-state index < -0.39 is 0 Å². The topological polar surface area (TPSA) is 70.5 Å². The van der Waals surface area contributed by atoms with Crippen molar-refractivity contribution < 1.29 is 9.59 Å². The molecule has 1 aliphatic rings. The van der Waals surface area contributed by atoms with Gasteiger partial charge < -0.3 is 10.2 Å². The Morgan fingerprint density at radius 1 is 1.12 bits per heavy atom. The highest BCUT2D eigenvalue weighted by Gasteiger charge is 2.24. The Labute approximate surface area is 153 Å². The third-order valence-corrected chi connectivity index (χ3v) is 4.33. The lowest BCUT2D eigenvalue weighted by Gasteiger charge is -2.34. The Balaban J connectivity index is 1.54. The fraction of sp³-hybridized carbons (Fsp3) is 0.421. The first kappa shape index (κ1) is 18.1. The highest BCUT2D eigenvalue weighted by Crippen LogP contribution is 2.11. The second-order valence-corrected chi connectivity index (χ2v) is 6.80. The summed E-state index contributed by atoms with van der Waals surface area (Å²) in [6.45, 7) is 6.91. The number of para-hydroxylation sites is 1. The Morgan fingerprint density at radius 2 is 1.81 bits per heavy atom. The Morgan fingerprint density at radius 3 is 2.46 bits per heavy atom. The summed E-state index contributed by atoms with van der Waals surface area (Å²) in [5.74, 6) is 0.0161. The molecule has 2 amide bonds. The van der Waals surface area contributed by atoms with Crippen molar-refractivity contribution in [3.05, 3.63) is 48.3 Å². The van der Waals surface area contributed by atoms with E-state index in [-0.39, 0.29) is 17.9 Å². The molecule has 7 heteroatoms. The van der Waals surface area contributed by atoms with Crippen LogP contribution in [0.1, 0.15) is 24.2 Å². The van der Waals surface area contributed by atoms with Gasteiger partial charge in [-0.1, -0.05) is 18.2 Å². The molecule has 1 aromatic heterocycles. The standard InChI is InChI=1S/C19H25N5O2/c1-15(2)21-18(25)14-22-8-10-23(11-9-22)19(26)16-12-20-24(13-16)17-6-4-3-5-7-17/h3-7,12-13,15H,8-11,14H2,1-2H3,(H,21,25). The number of hydrogen-bond donors (Lipinski definition) is 1. The van der Waals surface area contributed by atoms with Crippen molar-refractivity contribution in [2.24, 2.45) is 0 Å². The highest BCUT2D eigenvalue weighted by molar-refractivity contribution is 5.94. The smallest absolute Gasteiger partial charge is 0.257 e. The van der Waals surface area contributed by atoms with Crippen LogP contribution in [0.2, 0.25) is 0 Å². The summed E-state index contributed by atoms with van der Waals surface area (Å²) in [5, 5.41) is 7.19. The Bertz CT molecular complexity index is 748. The van der Waals surface area contributed by atoms with E-state index in [1.807, 2.05) is 49.1 Å². The first-order valence-electron chi connectivity index (χ1n) is 8.94. The van der Waals surface area contributed by atoms with Gasteiger partial charge in [0.25, 0.3) is 5.91 Å². The van der Waals surface area contributed by atoms with Crippen molar-refractivity contribution >= 4 is 11.8 Å². The van der Waals surface area contributed by atoms with Gasteiger partial charge in [0.1, 0.15) is 0 Å². The van der Waals surface area contributed by atoms with Crippen LogP contribution in [-0.2, 0) is 4.79 Å². The number of piperazine rings is 1. The van der Waals surface area contributed by atoms with Gasteiger partial charge in [-0.15, -0.1) is 0 Å². The van der Waals surface area contributed by atoms with Gasteiger partial charge in [-0.2, -0.15) is 5.10 Å². The summed E-state index contributed by atoms with van der Waals surface area (Å²) in [6, 6.07) is 9.86. The number of nitrogens with one attached hydrogen (secondary N) is 1. The van der Waals surface area contributed by atoms with E-state index in [0.29, 0.717) is 38.3 Å². The fourth-order valence-corrected chi connectivity index (χ4v) is 3.02. The molecule has 0 radical (unpaired) electrons. The van der Waals surface area contributed by atoms with Crippen molar-refractivity contribution in [2.75, 3.05) is 32.7 Å². The number of nitrogens with zero attached hydrogens (tertiary/aromatic N) is 4. The minimum absolute atomic E-state index is 0.0153. The fourth-order valence-electron chi connectivity index (χ4n) is 3.02. The number of carbonyl (C=O) groups excluding carboxylic acids is 2. The molecule has 2 heterocycles. The van der Waals surface area contributed by atoms with E-state index >= 15 is 0 Å². The van der Waals surface area contributed by atoms with E-state index in [2.05, 4.69) is 15.3 Å². The van der Waals surface area contributed by atoms with Gasteiger partial charge in [-0.05, 0) is 26.0 Å². The van der Waals surface area contributed by atoms with Gasteiger partial charge in [0.2, 0.25) is 5.91 Å². The molecule has 0 aliphatic carbocycles. The van der Waals surface area contributed by atoms with Crippen LogP contribution in [0.4, 0.5) is 0 Å². The Hall–Kier alpha value is -2.67. The molecule has 0 saturated carbocycles. The summed E-state index contributed by atoms with van der Waals surface area (Å²) in [5.41, 5.74) is 1.51. The summed E-state index contributed by atoms with van der Waals surface area (Å²) >= 11 is 0. The summed E-state index contributed by atoms with van der Waals surface area (Å²) < 4.78 is 1.71. The largest absolute Gasteiger partial charge is 0.353 e. The quantitative estimate of drug-likeness (QED) is 0.874. The number of rotatable bonds is 5. The second-order valence-electron chi connectivity index (χ2n) is 6.80. The van der Waals surface area contributed by atoms with Gasteiger partial charge in [-0.25, -0.2) is 4.68 Å². The van der Waals surface area contributed by atoms with Crippen LogP contribution in [0.3, 0.4) is 0 Å². The molecule has 1 fully saturated rings. The zero-order valence-electron chi connectivity index (χ0n) is 15.3. The maximum Gasteiger partial charge on any atom is 0.257 e. The van der Waals surface area contributed by atoms with Gasteiger partial charge in [0, 0.05) is 38.4 Å². The second kappa shape index (κ2) is 8.14. The van der Waals surface area contributed by atoms with Gasteiger partial charge in [-0.3, -0.25) is 14.5 Å². The zero-order valence-corrected chi connectivity index (χ0v) is 15.3. The first-order valence-corrected chi connectivity index (χ1v) is 8.94. The molecule has 1 saturated heterocycles.